The van der Waals surface area contributed by atoms with E-state index < -0.39 is 21.1 Å². The minimum Gasteiger partial charge on any atom is -0.206 e. The summed E-state index contributed by atoms with van der Waals surface area (Å²) in [5.74, 6) is -1.07. The standard InChI is InChI=1S/C22H23F4I/c1-2-3-14-4-6-15(7-5-14)16-8-10-17(11-9-16)18-12-19(23)21(20(24)13-18)22(25,26)27/h8-15H,2-7H2,1H3. The zero-order chi connectivity index (χ0) is 19.6. The third-order valence-corrected chi connectivity index (χ3v) is 6.12. The molecule has 0 heterocycles. The van der Waals surface area contributed by atoms with Crippen molar-refractivity contribution in [3.05, 3.63) is 59.2 Å². The SMILES string of the molecule is CCCC1CCC(c2ccc(-c3cc(F)c(C(F)(F)I)c(F)c3)cc2)CC1. The number of benzene rings is 2. The molecule has 0 aromatic heterocycles. The van der Waals surface area contributed by atoms with E-state index in [4.69, 9.17) is 0 Å². The summed E-state index contributed by atoms with van der Waals surface area (Å²) in [6.07, 6.45) is 7.39. The van der Waals surface area contributed by atoms with Crippen molar-refractivity contribution in [1.29, 1.82) is 0 Å². The molecule has 3 rings (SSSR count). The normalized spacial score (nSPS) is 20.7. The van der Waals surface area contributed by atoms with Gasteiger partial charge in [-0.05, 0) is 66.3 Å². The summed E-state index contributed by atoms with van der Waals surface area (Å²) in [7, 11) is 0. The summed E-state index contributed by atoms with van der Waals surface area (Å²) in [5.41, 5.74) is 0.949. The second kappa shape index (κ2) is 8.50. The van der Waals surface area contributed by atoms with Crippen LogP contribution in [0.15, 0.2) is 36.4 Å². The highest BCUT2D eigenvalue weighted by Gasteiger charge is 2.34. The third-order valence-electron chi connectivity index (χ3n) is 5.58. The van der Waals surface area contributed by atoms with Gasteiger partial charge in [-0.2, -0.15) is 8.78 Å². The molecule has 0 radical (unpaired) electrons. The van der Waals surface area contributed by atoms with Crippen LogP contribution >= 0.6 is 22.6 Å². The van der Waals surface area contributed by atoms with Crippen LogP contribution < -0.4 is 0 Å². The fourth-order valence-corrected chi connectivity index (χ4v) is 4.67. The molecule has 1 aliphatic rings. The highest BCUT2D eigenvalue weighted by Crippen LogP contribution is 2.41. The lowest BCUT2D eigenvalue weighted by molar-refractivity contribution is 0.117. The van der Waals surface area contributed by atoms with Crippen LogP contribution in [-0.4, -0.2) is 0 Å². The van der Waals surface area contributed by atoms with Crippen LogP contribution in [0, 0.1) is 17.6 Å². The van der Waals surface area contributed by atoms with Crippen LogP contribution in [0.5, 0.6) is 0 Å². The molecule has 5 heteroatoms. The number of halogens is 5. The summed E-state index contributed by atoms with van der Waals surface area (Å²) in [5, 5.41) is 0. The first kappa shape index (κ1) is 20.6. The van der Waals surface area contributed by atoms with Crippen molar-refractivity contribution >= 4 is 22.6 Å². The van der Waals surface area contributed by atoms with E-state index in [0.717, 1.165) is 40.6 Å². The Labute approximate surface area is 171 Å². The minimum atomic E-state index is -3.58. The van der Waals surface area contributed by atoms with E-state index in [1.54, 1.807) is 0 Å². The first-order chi connectivity index (χ1) is 12.8. The van der Waals surface area contributed by atoms with Crippen LogP contribution in [0.2, 0.25) is 0 Å². The van der Waals surface area contributed by atoms with Gasteiger partial charge in [0.2, 0.25) is 0 Å². The Morgan fingerprint density at radius 3 is 1.96 bits per heavy atom. The molecule has 0 spiro atoms. The topological polar surface area (TPSA) is 0 Å². The molecule has 0 unspecified atom stereocenters. The number of rotatable bonds is 5. The van der Waals surface area contributed by atoms with Gasteiger partial charge in [0.15, 0.2) is 0 Å². The minimum absolute atomic E-state index is 0.271. The molecule has 0 saturated heterocycles. The molecule has 27 heavy (non-hydrogen) atoms. The Kier molecular flexibility index (Phi) is 6.49. The summed E-state index contributed by atoms with van der Waals surface area (Å²) >= 11 is 0.742. The van der Waals surface area contributed by atoms with E-state index in [1.807, 2.05) is 24.3 Å². The summed E-state index contributed by atoms with van der Waals surface area (Å²) < 4.78 is 51.2. The molecule has 0 bridgehead atoms. The van der Waals surface area contributed by atoms with Gasteiger partial charge in [0, 0.05) is 22.6 Å². The number of alkyl halides is 3. The fourth-order valence-electron chi connectivity index (χ4n) is 4.15. The van der Waals surface area contributed by atoms with E-state index in [9.17, 15) is 17.6 Å². The van der Waals surface area contributed by atoms with Crippen molar-refractivity contribution in [2.24, 2.45) is 5.92 Å². The predicted molar refractivity (Wildman–Crippen MR) is 109 cm³/mol. The van der Waals surface area contributed by atoms with E-state index in [2.05, 4.69) is 6.92 Å². The molecule has 0 aliphatic heterocycles. The average Bonchev–Trinajstić information content (AvgIpc) is 2.61. The molecule has 146 valence electrons. The van der Waals surface area contributed by atoms with Crippen molar-refractivity contribution in [2.45, 2.75) is 55.3 Å². The van der Waals surface area contributed by atoms with Crippen LogP contribution in [0.3, 0.4) is 0 Å². The second-order valence-corrected chi connectivity index (χ2v) is 8.80. The maximum Gasteiger partial charge on any atom is 0.327 e. The Balaban J connectivity index is 1.76. The van der Waals surface area contributed by atoms with Crippen LogP contribution in [0.1, 0.15) is 62.5 Å². The van der Waals surface area contributed by atoms with Gasteiger partial charge in [0.1, 0.15) is 17.2 Å². The van der Waals surface area contributed by atoms with Gasteiger partial charge in [-0.3, -0.25) is 0 Å². The molecular formula is C22H23F4I. The fraction of sp³-hybridized carbons (Fsp3) is 0.455. The molecule has 1 aliphatic carbocycles. The molecule has 0 amide bonds. The van der Waals surface area contributed by atoms with Crippen LogP contribution in [-0.2, 0) is 3.93 Å². The van der Waals surface area contributed by atoms with Gasteiger partial charge in [-0.25, -0.2) is 8.78 Å². The Morgan fingerprint density at radius 2 is 1.48 bits per heavy atom. The maximum atomic E-state index is 14.0. The van der Waals surface area contributed by atoms with Crippen molar-refractivity contribution in [3.63, 3.8) is 0 Å². The van der Waals surface area contributed by atoms with Crippen molar-refractivity contribution in [3.8, 4) is 11.1 Å². The first-order valence-corrected chi connectivity index (χ1v) is 10.5. The number of hydrogen-bond donors (Lipinski definition) is 0. The molecule has 0 N–H and O–H groups in total. The highest BCUT2D eigenvalue weighted by molar-refractivity contribution is 14.1. The van der Waals surface area contributed by atoms with Gasteiger partial charge in [0.25, 0.3) is 0 Å². The van der Waals surface area contributed by atoms with Gasteiger partial charge in [0.05, 0.1) is 0 Å². The first-order valence-electron chi connectivity index (χ1n) is 9.46. The van der Waals surface area contributed by atoms with E-state index in [0.29, 0.717) is 11.5 Å². The van der Waals surface area contributed by atoms with E-state index in [-0.39, 0.29) is 5.56 Å². The Morgan fingerprint density at radius 1 is 0.926 bits per heavy atom. The van der Waals surface area contributed by atoms with Gasteiger partial charge >= 0.3 is 3.93 Å². The number of hydrogen-bond acceptors (Lipinski definition) is 0. The Bertz CT molecular complexity index is 749. The molecular weight excluding hydrogens is 467 g/mol. The molecule has 2 aromatic carbocycles. The van der Waals surface area contributed by atoms with E-state index in [1.165, 1.54) is 44.1 Å². The van der Waals surface area contributed by atoms with Crippen LogP contribution in [0.25, 0.3) is 11.1 Å². The lowest BCUT2D eigenvalue weighted by Crippen LogP contribution is -2.13. The van der Waals surface area contributed by atoms with Gasteiger partial charge in [-0.1, -0.05) is 44.0 Å². The molecule has 1 fully saturated rings. The van der Waals surface area contributed by atoms with Crippen molar-refractivity contribution < 1.29 is 17.6 Å². The van der Waals surface area contributed by atoms with Gasteiger partial charge < -0.3 is 0 Å². The maximum absolute atomic E-state index is 14.0. The molecule has 2 aromatic rings. The zero-order valence-corrected chi connectivity index (χ0v) is 17.4. The third kappa shape index (κ3) is 4.84. The summed E-state index contributed by atoms with van der Waals surface area (Å²) in [6.45, 7) is 2.23. The molecule has 0 atom stereocenters. The predicted octanol–water partition coefficient (Wildman–Crippen LogP) is 8.19. The lowest BCUT2D eigenvalue weighted by Gasteiger charge is -2.28. The monoisotopic (exact) mass is 490 g/mol. The smallest absolute Gasteiger partial charge is 0.206 e. The quantitative estimate of drug-likeness (QED) is 0.225. The van der Waals surface area contributed by atoms with Crippen LogP contribution in [0.4, 0.5) is 17.6 Å². The van der Waals surface area contributed by atoms with Gasteiger partial charge in [-0.15, -0.1) is 0 Å². The second-order valence-electron chi connectivity index (χ2n) is 7.44. The van der Waals surface area contributed by atoms with E-state index >= 15 is 0 Å². The lowest BCUT2D eigenvalue weighted by atomic mass is 9.77. The largest absolute Gasteiger partial charge is 0.327 e. The highest BCUT2D eigenvalue weighted by atomic mass is 127. The Hall–Kier alpha value is -1.11. The summed E-state index contributed by atoms with van der Waals surface area (Å²) in [4.78, 5) is 0. The molecule has 1 saturated carbocycles. The average molecular weight is 490 g/mol. The van der Waals surface area contributed by atoms with Crippen molar-refractivity contribution in [2.75, 3.05) is 0 Å². The zero-order valence-electron chi connectivity index (χ0n) is 15.3. The summed E-state index contributed by atoms with van der Waals surface area (Å²) in [6, 6.07) is 9.60. The molecule has 0 nitrogen and oxygen atoms in total. The van der Waals surface area contributed by atoms with Crippen molar-refractivity contribution in [1.82, 2.24) is 0 Å².